The van der Waals surface area contributed by atoms with Crippen LogP contribution in [0.2, 0.25) is 0 Å². The Bertz CT molecular complexity index is 1390. The molecule has 1 N–H and O–H groups in total. The lowest BCUT2D eigenvalue weighted by Gasteiger charge is -2.40. The minimum Gasteiger partial charge on any atom is -0.507 e. The Hall–Kier alpha value is -3.91. The Morgan fingerprint density at radius 1 is 0.944 bits per heavy atom. The Morgan fingerprint density at radius 3 is 2.36 bits per heavy atom. The highest BCUT2D eigenvalue weighted by Gasteiger charge is 2.32. The summed E-state index contributed by atoms with van der Waals surface area (Å²) in [6.45, 7) is 4.36. The maximum absolute atomic E-state index is 14.3. The van der Waals surface area contributed by atoms with E-state index >= 15 is 0 Å². The average molecular weight is 492 g/mol. The first kappa shape index (κ1) is 23.8. The van der Waals surface area contributed by atoms with Crippen LogP contribution >= 0.6 is 0 Å². The molecule has 1 saturated heterocycles. The lowest BCUT2D eigenvalue weighted by molar-refractivity contribution is 0.207. The summed E-state index contributed by atoms with van der Waals surface area (Å²) in [6, 6.07) is 17.0. The van der Waals surface area contributed by atoms with Crippen molar-refractivity contribution in [1.29, 1.82) is 0 Å². The van der Waals surface area contributed by atoms with Gasteiger partial charge in [-0.1, -0.05) is 12.1 Å². The molecule has 3 heterocycles. The quantitative estimate of drug-likeness (QED) is 0.424. The molecule has 1 aliphatic rings. The van der Waals surface area contributed by atoms with E-state index in [1.54, 1.807) is 60.2 Å². The van der Waals surface area contributed by atoms with Crippen LogP contribution < -0.4 is 10.5 Å². The van der Waals surface area contributed by atoms with Gasteiger partial charge < -0.3 is 19.0 Å². The van der Waals surface area contributed by atoms with Gasteiger partial charge >= 0.3 is 0 Å². The van der Waals surface area contributed by atoms with Gasteiger partial charge in [0.25, 0.3) is 5.56 Å². The van der Waals surface area contributed by atoms with Gasteiger partial charge in [-0.3, -0.25) is 9.69 Å². The average Bonchev–Trinajstić information content (AvgIpc) is 3.38. The summed E-state index contributed by atoms with van der Waals surface area (Å²) in [7, 11) is 0. The van der Waals surface area contributed by atoms with Gasteiger partial charge in [0.1, 0.15) is 23.1 Å². The van der Waals surface area contributed by atoms with Gasteiger partial charge in [-0.15, -0.1) is 0 Å². The predicted molar refractivity (Wildman–Crippen MR) is 133 cm³/mol. The molecule has 186 valence electrons. The third-order valence-electron chi connectivity index (χ3n) is 6.73. The zero-order chi connectivity index (χ0) is 25.2. The van der Waals surface area contributed by atoms with Crippen molar-refractivity contribution in [2.45, 2.75) is 19.5 Å². The van der Waals surface area contributed by atoms with Gasteiger partial charge in [0, 0.05) is 37.6 Å². The Labute approximate surface area is 207 Å². The van der Waals surface area contributed by atoms with Crippen molar-refractivity contribution >= 4 is 5.69 Å². The van der Waals surface area contributed by atoms with Crippen molar-refractivity contribution in [3.05, 3.63) is 118 Å². The molecular formula is C28H27F2N3O3. The largest absolute Gasteiger partial charge is 0.507 e. The molecule has 4 aromatic rings. The Morgan fingerprint density at radius 2 is 1.69 bits per heavy atom. The first-order valence-corrected chi connectivity index (χ1v) is 11.9. The number of furan rings is 1. The smallest absolute Gasteiger partial charge is 0.260 e. The standard InChI is InChI=1S/C28H27F2N3O3/c1-19-16-25(34)26(28(35)33(19)18-24-6-3-15-36-24)27(20-4-2-5-22(30)17-20)32-13-11-31(12-14-32)23-9-7-21(29)8-10-23/h2-10,15-17,27,34H,11-14,18H2,1H3. The van der Waals surface area contributed by atoms with E-state index in [9.17, 15) is 18.7 Å². The second-order valence-electron chi connectivity index (χ2n) is 9.01. The number of nitrogens with zero attached hydrogens (tertiary/aromatic N) is 3. The summed E-state index contributed by atoms with van der Waals surface area (Å²) in [4.78, 5) is 18.0. The summed E-state index contributed by atoms with van der Waals surface area (Å²) < 4.78 is 34.7. The molecule has 0 spiro atoms. The fraction of sp³-hybridized carbons (Fsp3) is 0.250. The van der Waals surface area contributed by atoms with E-state index in [0.29, 0.717) is 43.2 Å². The summed E-state index contributed by atoms with van der Waals surface area (Å²) >= 11 is 0. The molecule has 1 aliphatic heterocycles. The molecule has 8 heteroatoms. The van der Waals surface area contributed by atoms with Crippen molar-refractivity contribution in [2.75, 3.05) is 31.1 Å². The molecule has 36 heavy (non-hydrogen) atoms. The molecule has 0 saturated carbocycles. The number of pyridine rings is 1. The number of aryl methyl sites for hydroxylation is 1. The van der Waals surface area contributed by atoms with Gasteiger partial charge in [-0.25, -0.2) is 8.78 Å². The van der Waals surface area contributed by atoms with E-state index in [0.717, 1.165) is 5.69 Å². The van der Waals surface area contributed by atoms with E-state index in [-0.39, 0.29) is 29.2 Å². The fourth-order valence-electron chi connectivity index (χ4n) is 4.91. The number of aromatic nitrogens is 1. The third-order valence-corrected chi connectivity index (χ3v) is 6.73. The second kappa shape index (κ2) is 9.99. The molecular weight excluding hydrogens is 464 g/mol. The van der Waals surface area contributed by atoms with E-state index in [1.807, 2.05) is 0 Å². The number of rotatable bonds is 6. The second-order valence-corrected chi connectivity index (χ2v) is 9.01. The Kier molecular flexibility index (Phi) is 6.61. The molecule has 2 aromatic carbocycles. The highest BCUT2D eigenvalue weighted by molar-refractivity contribution is 5.47. The normalized spacial score (nSPS) is 15.2. The number of aromatic hydroxyl groups is 1. The van der Waals surface area contributed by atoms with E-state index in [2.05, 4.69) is 9.80 Å². The summed E-state index contributed by atoms with van der Waals surface area (Å²) in [5, 5.41) is 11.0. The van der Waals surface area contributed by atoms with Crippen LogP contribution in [-0.2, 0) is 6.54 Å². The van der Waals surface area contributed by atoms with Crippen LogP contribution in [0.4, 0.5) is 14.5 Å². The summed E-state index contributed by atoms with van der Waals surface area (Å²) in [6.07, 6.45) is 1.55. The van der Waals surface area contributed by atoms with Crippen LogP contribution in [0, 0.1) is 18.6 Å². The number of piperazine rings is 1. The van der Waals surface area contributed by atoms with Gasteiger partial charge in [0.05, 0.1) is 24.4 Å². The third kappa shape index (κ3) is 4.77. The van der Waals surface area contributed by atoms with E-state index in [1.165, 1.54) is 24.3 Å². The van der Waals surface area contributed by atoms with Gasteiger partial charge in [0.15, 0.2) is 0 Å². The zero-order valence-electron chi connectivity index (χ0n) is 19.9. The summed E-state index contributed by atoms with van der Waals surface area (Å²) in [5.74, 6) is -0.204. The van der Waals surface area contributed by atoms with Crippen molar-refractivity contribution < 1.29 is 18.3 Å². The SMILES string of the molecule is Cc1cc(O)c(C(c2cccc(F)c2)N2CCN(c3ccc(F)cc3)CC2)c(=O)n1Cc1ccco1. The van der Waals surface area contributed by atoms with E-state index in [4.69, 9.17) is 4.42 Å². The minimum atomic E-state index is -0.646. The lowest BCUT2D eigenvalue weighted by Crippen LogP contribution is -2.49. The molecule has 5 rings (SSSR count). The first-order valence-electron chi connectivity index (χ1n) is 11.9. The van der Waals surface area contributed by atoms with E-state index < -0.39 is 11.9 Å². The molecule has 0 bridgehead atoms. The van der Waals surface area contributed by atoms with Gasteiger partial charge in [0.2, 0.25) is 0 Å². The van der Waals surface area contributed by atoms with Crippen molar-refractivity contribution in [3.63, 3.8) is 0 Å². The molecule has 1 unspecified atom stereocenters. The number of anilines is 1. The number of benzene rings is 2. The molecule has 6 nitrogen and oxygen atoms in total. The molecule has 1 atom stereocenters. The summed E-state index contributed by atoms with van der Waals surface area (Å²) in [5.41, 5.74) is 1.95. The maximum atomic E-state index is 14.3. The fourth-order valence-corrected chi connectivity index (χ4v) is 4.91. The zero-order valence-corrected chi connectivity index (χ0v) is 19.9. The highest BCUT2D eigenvalue weighted by atomic mass is 19.1. The van der Waals surface area contributed by atoms with Gasteiger partial charge in [-0.05, 0) is 67.1 Å². The molecule has 0 radical (unpaired) electrons. The van der Waals surface area contributed by atoms with Crippen LogP contribution in [0.15, 0.2) is 82.2 Å². The number of halogens is 2. The lowest BCUT2D eigenvalue weighted by atomic mass is 9.95. The van der Waals surface area contributed by atoms with Gasteiger partial charge in [-0.2, -0.15) is 0 Å². The van der Waals surface area contributed by atoms with Crippen molar-refractivity contribution in [3.8, 4) is 5.75 Å². The van der Waals surface area contributed by atoms with Crippen LogP contribution in [0.25, 0.3) is 0 Å². The maximum Gasteiger partial charge on any atom is 0.260 e. The van der Waals surface area contributed by atoms with Crippen molar-refractivity contribution in [2.24, 2.45) is 0 Å². The molecule has 0 aliphatic carbocycles. The van der Waals surface area contributed by atoms with Crippen LogP contribution in [-0.4, -0.2) is 40.8 Å². The monoisotopic (exact) mass is 491 g/mol. The van der Waals surface area contributed by atoms with Crippen LogP contribution in [0.3, 0.4) is 0 Å². The number of hydrogen-bond acceptors (Lipinski definition) is 5. The topological polar surface area (TPSA) is 61.9 Å². The first-order chi connectivity index (χ1) is 17.4. The minimum absolute atomic E-state index is 0.122. The molecule has 1 fully saturated rings. The Balaban J connectivity index is 1.52. The molecule has 2 aromatic heterocycles. The number of hydrogen-bond donors (Lipinski definition) is 1. The highest BCUT2D eigenvalue weighted by Crippen LogP contribution is 2.34. The molecule has 0 amide bonds. The van der Waals surface area contributed by atoms with Crippen LogP contribution in [0.5, 0.6) is 5.75 Å². The van der Waals surface area contributed by atoms with Crippen LogP contribution in [0.1, 0.15) is 28.6 Å². The van der Waals surface area contributed by atoms with Crippen molar-refractivity contribution in [1.82, 2.24) is 9.47 Å². The predicted octanol–water partition coefficient (Wildman–Crippen LogP) is 4.69.